The highest BCUT2D eigenvalue weighted by Crippen LogP contribution is 2.27. The number of carbonyl (C=O) groups excluding carboxylic acids is 1. The van der Waals surface area contributed by atoms with Gasteiger partial charge in [0.25, 0.3) is 0 Å². The van der Waals surface area contributed by atoms with Gasteiger partial charge in [0.15, 0.2) is 11.5 Å². The zero-order valence-electron chi connectivity index (χ0n) is 14.9. The Morgan fingerprint density at radius 3 is 2.54 bits per heavy atom. The second-order valence-electron chi connectivity index (χ2n) is 6.73. The molecule has 0 N–H and O–H groups in total. The van der Waals surface area contributed by atoms with E-state index in [0.717, 1.165) is 5.56 Å². The summed E-state index contributed by atoms with van der Waals surface area (Å²) in [7, 11) is 3.74. The number of carbonyl (C=O) groups is 1. The van der Waals surface area contributed by atoms with Gasteiger partial charge >= 0.3 is 5.97 Å². The normalized spacial score (nSPS) is 11.7. The average Bonchev–Trinajstić information content (AvgIpc) is 2.95. The number of aromatic nitrogens is 2. The molecule has 0 bridgehead atoms. The number of imidazole rings is 1. The molecule has 0 spiro atoms. The lowest BCUT2D eigenvalue weighted by atomic mass is 10.1. The fourth-order valence-corrected chi connectivity index (χ4v) is 2.06. The maximum absolute atomic E-state index is 12.4. The highest BCUT2D eigenvalue weighted by molar-refractivity contribution is 5.92. The molecule has 2 rings (SSSR count). The van der Waals surface area contributed by atoms with Gasteiger partial charge in [0, 0.05) is 19.6 Å². The number of aliphatic imine (C=N–C) groups is 1. The summed E-state index contributed by atoms with van der Waals surface area (Å²) in [6.07, 6.45) is 3.27. The molecule has 24 heavy (non-hydrogen) atoms. The van der Waals surface area contributed by atoms with Crippen molar-refractivity contribution in [2.75, 3.05) is 14.1 Å². The van der Waals surface area contributed by atoms with E-state index in [1.54, 1.807) is 17.6 Å². The van der Waals surface area contributed by atoms with E-state index in [0.29, 0.717) is 5.82 Å². The van der Waals surface area contributed by atoms with Crippen LogP contribution in [0.4, 0.5) is 5.82 Å². The Labute approximate surface area is 142 Å². The van der Waals surface area contributed by atoms with Gasteiger partial charge in [-0.2, -0.15) is 0 Å². The van der Waals surface area contributed by atoms with Gasteiger partial charge in [0.05, 0.1) is 12.7 Å². The quantitative estimate of drug-likeness (QED) is 0.480. The number of benzene rings is 1. The topological polar surface area (TPSA) is 59.7 Å². The Hall–Kier alpha value is -2.63. The number of ether oxygens (including phenoxy) is 1. The maximum Gasteiger partial charge on any atom is 0.361 e. The lowest BCUT2D eigenvalue weighted by molar-refractivity contribution is 0.0467. The van der Waals surface area contributed by atoms with Crippen LogP contribution in [-0.2, 0) is 16.9 Å². The third kappa shape index (κ3) is 4.44. The molecule has 0 atom stereocenters. The van der Waals surface area contributed by atoms with E-state index >= 15 is 0 Å². The first-order valence-electron chi connectivity index (χ1n) is 7.78. The van der Waals surface area contributed by atoms with E-state index in [-0.39, 0.29) is 17.8 Å². The summed E-state index contributed by atoms with van der Waals surface area (Å²) in [6, 6.07) is 9.55. The fourth-order valence-electron chi connectivity index (χ4n) is 2.06. The highest BCUT2D eigenvalue weighted by Gasteiger charge is 2.24. The zero-order valence-corrected chi connectivity index (χ0v) is 14.9. The van der Waals surface area contributed by atoms with Gasteiger partial charge in [0.1, 0.15) is 6.61 Å². The van der Waals surface area contributed by atoms with E-state index in [4.69, 9.17) is 4.74 Å². The number of nitrogens with zero attached hydrogens (tertiary/aromatic N) is 4. The van der Waals surface area contributed by atoms with Crippen LogP contribution < -0.4 is 0 Å². The second-order valence-corrected chi connectivity index (χ2v) is 6.73. The number of hydrogen-bond donors (Lipinski definition) is 0. The summed E-state index contributed by atoms with van der Waals surface area (Å²) in [5.74, 6) is 0.0158. The Morgan fingerprint density at radius 1 is 1.29 bits per heavy atom. The predicted octanol–water partition coefficient (Wildman–Crippen LogP) is 3.22. The summed E-state index contributed by atoms with van der Waals surface area (Å²) in [5, 5.41) is 0. The van der Waals surface area contributed by atoms with Crippen LogP contribution in [0.2, 0.25) is 0 Å². The van der Waals surface area contributed by atoms with Crippen molar-refractivity contribution in [1.82, 2.24) is 14.5 Å². The smallest absolute Gasteiger partial charge is 0.361 e. The van der Waals surface area contributed by atoms with Crippen molar-refractivity contribution in [3.05, 3.63) is 47.9 Å². The molecule has 0 amide bonds. The molecule has 1 aromatic carbocycles. The van der Waals surface area contributed by atoms with Crippen molar-refractivity contribution >= 4 is 18.1 Å². The van der Waals surface area contributed by atoms with Gasteiger partial charge < -0.3 is 14.2 Å². The number of hydrogen-bond acceptors (Lipinski definition) is 4. The molecule has 0 aliphatic carbocycles. The molecule has 1 heterocycles. The molecular weight excluding hydrogens is 304 g/mol. The van der Waals surface area contributed by atoms with Crippen LogP contribution in [0.15, 0.2) is 41.7 Å². The minimum atomic E-state index is -0.479. The molecule has 0 saturated carbocycles. The first kappa shape index (κ1) is 17.7. The largest absolute Gasteiger partial charge is 0.456 e. The Bertz CT molecular complexity index is 712. The first-order chi connectivity index (χ1) is 11.3. The van der Waals surface area contributed by atoms with E-state index in [1.165, 1.54) is 0 Å². The summed E-state index contributed by atoms with van der Waals surface area (Å²) in [5.41, 5.74) is 0.905. The summed E-state index contributed by atoms with van der Waals surface area (Å²) < 4.78 is 7.25. The SMILES string of the molecule is CN(C)C=Nc1c(C(=O)OCc2ccccc2)ncn1C(C)(C)C. The molecule has 6 nitrogen and oxygen atoms in total. The summed E-state index contributed by atoms with van der Waals surface area (Å²) in [6.45, 7) is 6.30. The molecule has 1 aromatic heterocycles. The molecular formula is C18H24N4O2. The maximum atomic E-state index is 12.4. The van der Waals surface area contributed by atoms with Crippen molar-refractivity contribution in [2.45, 2.75) is 32.9 Å². The molecule has 2 aromatic rings. The summed E-state index contributed by atoms with van der Waals surface area (Å²) >= 11 is 0. The van der Waals surface area contributed by atoms with Crippen LogP contribution in [0.1, 0.15) is 36.8 Å². The molecule has 128 valence electrons. The van der Waals surface area contributed by atoms with Crippen LogP contribution in [0.5, 0.6) is 0 Å². The van der Waals surface area contributed by atoms with Gasteiger partial charge in [0.2, 0.25) is 0 Å². The molecule has 0 fully saturated rings. The van der Waals surface area contributed by atoms with Crippen molar-refractivity contribution < 1.29 is 9.53 Å². The minimum Gasteiger partial charge on any atom is -0.456 e. The molecule has 6 heteroatoms. The van der Waals surface area contributed by atoms with Gasteiger partial charge in [-0.3, -0.25) is 0 Å². The van der Waals surface area contributed by atoms with Crippen LogP contribution in [0.25, 0.3) is 0 Å². The molecule has 0 aliphatic rings. The van der Waals surface area contributed by atoms with E-state index in [2.05, 4.69) is 9.98 Å². The summed E-state index contributed by atoms with van der Waals surface area (Å²) in [4.78, 5) is 22.9. The van der Waals surface area contributed by atoms with Crippen molar-refractivity contribution in [3.8, 4) is 0 Å². The van der Waals surface area contributed by atoms with Gasteiger partial charge in [-0.15, -0.1) is 0 Å². The van der Waals surface area contributed by atoms with Crippen molar-refractivity contribution in [2.24, 2.45) is 4.99 Å². The predicted molar refractivity (Wildman–Crippen MR) is 94.6 cm³/mol. The third-order valence-corrected chi connectivity index (χ3v) is 3.28. The Morgan fingerprint density at radius 2 is 1.96 bits per heavy atom. The van der Waals surface area contributed by atoms with Crippen LogP contribution >= 0.6 is 0 Å². The first-order valence-corrected chi connectivity index (χ1v) is 7.78. The lowest BCUT2D eigenvalue weighted by Crippen LogP contribution is -2.21. The van der Waals surface area contributed by atoms with E-state index in [9.17, 15) is 4.79 Å². The van der Waals surface area contributed by atoms with E-state index < -0.39 is 5.97 Å². The molecule has 0 unspecified atom stereocenters. The second kappa shape index (κ2) is 7.29. The van der Waals surface area contributed by atoms with Crippen LogP contribution in [0.3, 0.4) is 0 Å². The van der Waals surface area contributed by atoms with Gasteiger partial charge in [-0.25, -0.2) is 14.8 Å². The average molecular weight is 328 g/mol. The number of rotatable bonds is 5. The molecule has 0 radical (unpaired) electrons. The lowest BCUT2D eigenvalue weighted by Gasteiger charge is -2.22. The highest BCUT2D eigenvalue weighted by atomic mass is 16.5. The Kier molecular flexibility index (Phi) is 5.39. The standard InChI is InChI=1S/C18H24N4O2/c1-18(2,3)22-13-19-15(16(22)20-12-21(4)5)17(23)24-11-14-9-7-6-8-10-14/h6-10,12-13H,11H2,1-5H3. The van der Waals surface area contributed by atoms with Gasteiger partial charge in [-0.1, -0.05) is 30.3 Å². The third-order valence-electron chi connectivity index (χ3n) is 3.28. The van der Waals surface area contributed by atoms with E-state index in [1.807, 2.05) is 69.8 Å². The number of esters is 1. The minimum absolute atomic E-state index is 0.207. The van der Waals surface area contributed by atoms with Crippen molar-refractivity contribution in [1.29, 1.82) is 0 Å². The molecule has 0 aliphatic heterocycles. The van der Waals surface area contributed by atoms with Gasteiger partial charge in [-0.05, 0) is 26.3 Å². The fraction of sp³-hybridized carbons (Fsp3) is 0.389. The monoisotopic (exact) mass is 328 g/mol. The van der Waals surface area contributed by atoms with Crippen LogP contribution in [-0.4, -0.2) is 40.9 Å². The zero-order chi connectivity index (χ0) is 17.7. The Balaban J connectivity index is 2.25. The van der Waals surface area contributed by atoms with Crippen molar-refractivity contribution in [3.63, 3.8) is 0 Å². The van der Waals surface area contributed by atoms with Crippen LogP contribution in [0, 0.1) is 0 Å². The molecule has 0 saturated heterocycles.